The van der Waals surface area contributed by atoms with Crippen molar-refractivity contribution >= 4 is 6.29 Å². The Hall–Kier alpha value is -0.490. The van der Waals surface area contributed by atoms with Gasteiger partial charge in [-0.05, 0) is 13.8 Å². The Morgan fingerprint density at radius 1 is 1.54 bits per heavy atom. The Balaban J connectivity index is 2.29. The highest BCUT2D eigenvalue weighted by molar-refractivity contribution is 5.65. The lowest BCUT2D eigenvalue weighted by Gasteiger charge is -2.20. The van der Waals surface area contributed by atoms with Crippen LogP contribution in [0.5, 0.6) is 0 Å². The Morgan fingerprint density at radius 3 is 2.77 bits per heavy atom. The number of fused-ring (bicyclic) bond motifs is 1. The van der Waals surface area contributed by atoms with E-state index in [1.165, 1.54) is 0 Å². The second-order valence-corrected chi connectivity index (χ2v) is 3.81. The van der Waals surface area contributed by atoms with Crippen LogP contribution in [-0.4, -0.2) is 41.8 Å². The Morgan fingerprint density at radius 2 is 2.23 bits per heavy atom. The maximum Gasteiger partial charge on any atom is 0.184 e. The molecule has 1 N–H and O–H groups in total. The van der Waals surface area contributed by atoms with Crippen molar-refractivity contribution in [2.45, 2.75) is 37.6 Å². The third-order valence-corrected chi connectivity index (χ3v) is 2.27. The van der Waals surface area contributed by atoms with Crippen molar-refractivity contribution in [2.24, 2.45) is 0 Å². The summed E-state index contributed by atoms with van der Waals surface area (Å²) in [5.41, 5.74) is -1.12. The predicted molar refractivity (Wildman–Crippen MR) is 40.8 cm³/mol. The maximum absolute atomic E-state index is 10.8. The lowest BCUT2D eigenvalue weighted by atomic mass is 10.0. The van der Waals surface area contributed by atoms with E-state index in [2.05, 4.69) is 0 Å². The summed E-state index contributed by atoms with van der Waals surface area (Å²) in [4.78, 5) is 10.8. The Kier molecular flexibility index (Phi) is 1.75. The molecule has 3 atom stereocenters. The van der Waals surface area contributed by atoms with Gasteiger partial charge in [0.2, 0.25) is 0 Å². The molecule has 5 nitrogen and oxygen atoms in total. The van der Waals surface area contributed by atoms with E-state index in [1.54, 1.807) is 13.8 Å². The summed E-state index contributed by atoms with van der Waals surface area (Å²) >= 11 is 0. The van der Waals surface area contributed by atoms with Gasteiger partial charge in [-0.25, -0.2) is 0 Å². The second kappa shape index (κ2) is 2.51. The summed E-state index contributed by atoms with van der Waals surface area (Å²) in [6.45, 7) is 3.44. The zero-order valence-electron chi connectivity index (χ0n) is 7.52. The van der Waals surface area contributed by atoms with Crippen LogP contribution in [0.2, 0.25) is 0 Å². The summed E-state index contributed by atoms with van der Waals surface area (Å²) in [6, 6.07) is 0. The monoisotopic (exact) mass is 188 g/mol. The first kappa shape index (κ1) is 9.08. The Labute approximate surface area is 75.6 Å². The van der Waals surface area contributed by atoms with Crippen LogP contribution in [0.3, 0.4) is 0 Å². The number of ether oxygens (including phenoxy) is 3. The zero-order chi connectivity index (χ0) is 9.69. The minimum Gasteiger partial charge on any atom is -0.366 e. The predicted octanol–water partition coefficient (Wildman–Crippen LogP) is -0.576. The first-order chi connectivity index (χ1) is 5.99. The highest BCUT2D eigenvalue weighted by Gasteiger charge is 2.61. The van der Waals surface area contributed by atoms with Gasteiger partial charge in [0.15, 0.2) is 24.0 Å². The van der Waals surface area contributed by atoms with Crippen molar-refractivity contribution in [1.82, 2.24) is 0 Å². The van der Waals surface area contributed by atoms with Gasteiger partial charge in [-0.15, -0.1) is 0 Å². The molecule has 0 saturated carbocycles. The number of aliphatic hydroxyl groups excluding tert-OH is 1. The number of hydrogen-bond acceptors (Lipinski definition) is 5. The fraction of sp³-hybridized carbons (Fsp3) is 0.875. The van der Waals surface area contributed by atoms with E-state index >= 15 is 0 Å². The van der Waals surface area contributed by atoms with E-state index in [9.17, 15) is 9.90 Å². The van der Waals surface area contributed by atoms with E-state index in [1.807, 2.05) is 0 Å². The molecule has 0 aromatic heterocycles. The number of carbonyl (C=O) groups is 1. The van der Waals surface area contributed by atoms with Gasteiger partial charge in [0.25, 0.3) is 0 Å². The Bertz CT molecular complexity index is 239. The summed E-state index contributed by atoms with van der Waals surface area (Å²) in [5.74, 6) is -0.837. The van der Waals surface area contributed by atoms with Gasteiger partial charge in [0.05, 0.1) is 6.61 Å². The van der Waals surface area contributed by atoms with Crippen molar-refractivity contribution in [1.29, 1.82) is 0 Å². The van der Waals surface area contributed by atoms with E-state index in [0.29, 0.717) is 6.29 Å². The summed E-state index contributed by atoms with van der Waals surface area (Å²) < 4.78 is 15.6. The minimum atomic E-state index is -1.12. The fourth-order valence-electron chi connectivity index (χ4n) is 1.78. The van der Waals surface area contributed by atoms with E-state index in [-0.39, 0.29) is 6.61 Å². The number of carbonyl (C=O) groups excluding carboxylic acids is 1. The zero-order valence-corrected chi connectivity index (χ0v) is 7.52. The average Bonchev–Trinajstić information content (AvgIpc) is 2.47. The van der Waals surface area contributed by atoms with Gasteiger partial charge < -0.3 is 19.3 Å². The molecule has 2 fully saturated rings. The molecule has 0 bridgehead atoms. The number of aliphatic hydroxyl groups is 1. The quantitative estimate of drug-likeness (QED) is 0.558. The van der Waals surface area contributed by atoms with E-state index in [0.717, 1.165) is 0 Å². The molecule has 0 radical (unpaired) electrons. The SMILES string of the molecule is CC1(C)OC2C(O)OCC2(C=O)O1. The molecular formula is C8H12O5. The largest absolute Gasteiger partial charge is 0.366 e. The van der Waals surface area contributed by atoms with Gasteiger partial charge in [-0.3, -0.25) is 4.79 Å². The van der Waals surface area contributed by atoms with Crippen molar-refractivity contribution in [2.75, 3.05) is 6.61 Å². The van der Waals surface area contributed by atoms with Gasteiger partial charge in [0, 0.05) is 0 Å². The third kappa shape index (κ3) is 1.20. The molecule has 13 heavy (non-hydrogen) atoms. The van der Waals surface area contributed by atoms with Crippen LogP contribution < -0.4 is 0 Å². The third-order valence-electron chi connectivity index (χ3n) is 2.27. The van der Waals surface area contributed by atoms with Crippen LogP contribution in [0.15, 0.2) is 0 Å². The molecular weight excluding hydrogens is 176 g/mol. The van der Waals surface area contributed by atoms with Crippen molar-refractivity contribution in [3.05, 3.63) is 0 Å². The van der Waals surface area contributed by atoms with Crippen LogP contribution in [-0.2, 0) is 19.0 Å². The summed E-state index contributed by atoms with van der Waals surface area (Å²) in [6.07, 6.45) is -1.14. The highest BCUT2D eigenvalue weighted by Crippen LogP contribution is 2.41. The highest BCUT2D eigenvalue weighted by atomic mass is 16.8. The molecule has 2 saturated heterocycles. The second-order valence-electron chi connectivity index (χ2n) is 3.81. The van der Waals surface area contributed by atoms with Gasteiger partial charge in [-0.2, -0.15) is 0 Å². The lowest BCUT2D eigenvalue weighted by molar-refractivity contribution is -0.211. The number of rotatable bonds is 1. The van der Waals surface area contributed by atoms with Crippen molar-refractivity contribution < 1.29 is 24.1 Å². The average molecular weight is 188 g/mol. The topological polar surface area (TPSA) is 65.0 Å². The molecule has 2 rings (SSSR count). The van der Waals surface area contributed by atoms with Crippen molar-refractivity contribution in [3.63, 3.8) is 0 Å². The molecule has 2 aliphatic heterocycles. The number of hydrogen-bond donors (Lipinski definition) is 1. The van der Waals surface area contributed by atoms with E-state index < -0.39 is 23.8 Å². The molecule has 74 valence electrons. The molecule has 3 unspecified atom stereocenters. The first-order valence-electron chi connectivity index (χ1n) is 4.13. The molecule has 0 aliphatic carbocycles. The lowest BCUT2D eigenvalue weighted by Crippen LogP contribution is -2.43. The van der Waals surface area contributed by atoms with Crippen LogP contribution >= 0.6 is 0 Å². The van der Waals surface area contributed by atoms with E-state index in [4.69, 9.17) is 14.2 Å². The van der Waals surface area contributed by atoms with Crippen LogP contribution in [0.1, 0.15) is 13.8 Å². The van der Waals surface area contributed by atoms with Gasteiger partial charge in [-0.1, -0.05) is 0 Å². The van der Waals surface area contributed by atoms with Gasteiger partial charge in [0.1, 0.15) is 6.10 Å². The van der Waals surface area contributed by atoms with Crippen LogP contribution in [0, 0.1) is 0 Å². The molecule has 2 heterocycles. The first-order valence-corrected chi connectivity index (χ1v) is 4.13. The summed E-state index contributed by atoms with van der Waals surface area (Å²) in [7, 11) is 0. The fourth-order valence-corrected chi connectivity index (χ4v) is 1.78. The normalized spacial score (nSPS) is 47.6. The van der Waals surface area contributed by atoms with Crippen molar-refractivity contribution in [3.8, 4) is 0 Å². The minimum absolute atomic E-state index is 0.0474. The molecule has 5 heteroatoms. The molecule has 0 amide bonds. The van der Waals surface area contributed by atoms with Gasteiger partial charge >= 0.3 is 0 Å². The smallest absolute Gasteiger partial charge is 0.184 e. The van der Waals surface area contributed by atoms with Crippen LogP contribution in [0.4, 0.5) is 0 Å². The maximum atomic E-state index is 10.8. The molecule has 0 spiro atoms. The summed E-state index contributed by atoms with van der Waals surface area (Å²) in [5, 5.41) is 9.34. The molecule has 0 aromatic rings. The standard InChI is InChI=1S/C8H12O5/c1-7(2)12-5-6(10)11-4-8(5,3-9)13-7/h3,5-6,10H,4H2,1-2H3. The molecule has 2 aliphatic rings. The molecule has 0 aromatic carbocycles. The van der Waals surface area contributed by atoms with Crippen LogP contribution in [0.25, 0.3) is 0 Å². The number of aldehydes is 1.